The van der Waals surface area contributed by atoms with Crippen LogP contribution in [0.1, 0.15) is 85.0 Å². The van der Waals surface area contributed by atoms with E-state index in [0.717, 1.165) is 24.0 Å². The molecule has 42 heavy (non-hydrogen) atoms. The highest BCUT2D eigenvalue weighted by atomic mass is 35.5. The van der Waals surface area contributed by atoms with Crippen molar-refractivity contribution in [3.05, 3.63) is 76.8 Å². The summed E-state index contributed by atoms with van der Waals surface area (Å²) in [6, 6.07) is 19.7. The van der Waals surface area contributed by atoms with Crippen molar-refractivity contribution in [2.45, 2.75) is 85.0 Å². The van der Waals surface area contributed by atoms with Crippen LogP contribution < -0.4 is 4.74 Å². The predicted octanol–water partition coefficient (Wildman–Crippen LogP) is 11.2. The minimum atomic E-state index is 0.0429. The zero-order valence-corrected chi connectivity index (χ0v) is 26.6. The molecule has 0 radical (unpaired) electrons. The Balaban J connectivity index is 0.000000531. The van der Waals surface area contributed by atoms with Gasteiger partial charge in [-0.25, -0.2) is 15.0 Å². The highest BCUT2D eigenvalue weighted by Gasteiger charge is 2.15. The number of nitrogens with zero attached hydrogens (tertiary/aromatic N) is 3. The summed E-state index contributed by atoms with van der Waals surface area (Å²) >= 11 is 12.1. The molecule has 3 aromatic carbocycles. The molecule has 0 unspecified atom stereocenters. The van der Waals surface area contributed by atoms with Crippen molar-refractivity contribution in [1.82, 2.24) is 15.0 Å². The second-order valence-corrected chi connectivity index (χ2v) is 11.2. The topological polar surface area (TPSA) is 68.1 Å². The maximum absolute atomic E-state index is 10.8. The van der Waals surface area contributed by atoms with Crippen molar-refractivity contribution < 1.29 is 9.84 Å². The van der Waals surface area contributed by atoms with Gasteiger partial charge >= 0.3 is 0 Å². The van der Waals surface area contributed by atoms with E-state index >= 15 is 0 Å². The molecule has 0 atom stereocenters. The molecule has 0 fully saturated rings. The number of phenols is 1. The molecule has 0 saturated heterocycles. The fourth-order valence-electron chi connectivity index (χ4n) is 4.32. The summed E-state index contributed by atoms with van der Waals surface area (Å²) in [6.07, 6.45) is 13.0. The molecule has 7 heteroatoms. The Kier molecular flexibility index (Phi) is 14.6. The number of aromatic hydroxyl groups is 1. The highest BCUT2D eigenvalue weighted by molar-refractivity contribution is 6.30. The van der Waals surface area contributed by atoms with Crippen molar-refractivity contribution >= 4 is 23.2 Å². The highest BCUT2D eigenvalue weighted by Crippen LogP contribution is 2.33. The lowest BCUT2D eigenvalue weighted by molar-refractivity contribution is 0.303. The lowest BCUT2D eigenvalue weighted by Gasteiger charge is -2.11. The Morgan fingerprint density at radius 1 is 0.571 bits per heavy atom. The molecule has 224 valence electrons. The minimum absolute atomic E-state index is 0.0429. The molecule has 1 aromatic heterocycles. The van der Waals surface area contributed by atoms with E-state index in [1.807, 2.05) is 30.3 Å². The van der Waals surface area contributed by atoms with Gasteiger partial charge in [-0.1, -0.05) is 102 Å². The van der Waals surface area contributed by atoms with Gasteiger partial charge in [0.05, 0.1) is 12.2 Å². The maximum Gasteiger partial charge on any atom is 0.167 e. The van der Waals surface area contributed by atoms with Crippen LogP contribution in [-0.4, -0.2) is 26.7 Å². The summed E-state index contributed by atoms with van der Waals surface area (Å²) in [5.41, 5.74) is 2.07. The quantitative estimate of drug-likeness (QED) is 0.144. The number of halogens is 2. The second-order valence-electron chi connectivity index (χ2n) is 10.3. The third-order valence-electron chi connectivity index (χ3n) is 6.77. The standard InChI is InChI=1S/C27H25Cl2N3O2.C8H18/c1-2-3-4-5-16-34-22-14-15-23(24(33)17-22)27-31-25(18-6-10-20(28)11-7-18)30-26(32-27)19-8-12-21(29)13-9-19;1-3-5-7-8-6-4-2/h6-15,17,33H,2-5,16H2,1H3;3-8H2,1-2H3. The van der Waals surface area contributed by atoms with Crippen molar-refractivity contribution in [3.8, 4) is 45.7 Å². The van der Waals surface area contributed by atoms with Gasteiger partial charge in [-0.15, -0.1) is 0 Å². The number of phenolic OH excluding ortho intramolecular Hbond substituents is 1. The number of benzene rings is 3. The van der Waals surface area contributed by atoms with E-state index in [-0.39, 0.29) is 5.75 Å². The normalized spacial score (nSPS) is 10.7. The van der Waals surface area contributed by atoms with Gasteiger partial charge in [0, 0.05) is 27.2 Å². The molecule has 4 aromatic rings. The molecule has 0 aliphatic carbocycles. The molecule has 4 rings (SSSR count). The number of hydrogen-bond acceptors (Lipinski definition) is 5. The van der Waals surface area contributed by atoms with E-state index in [9.17, 15) is 5.11 Å². The van der Waals surface area contributed by atoms with Crippen LogP contribution in [0, 0.1) is 0 Å². The largest absolute Gasteiger partial charge is 0.507 e. The Morgan fingerprint density at radius 2 is 1.02 bits per heavy atom. The average molecular weight is 609 g/mol. The van der Waals surface area contributed by atoms with Gasteiger partial charge in [-0.2, -0.15) is 0 Å². The maximum atomic E-state index is 10.8. The minimum Gasteiger partial charge on any atom is -0.507 e. The average Bonchev–Trinajstić information content (AvgIpc) is 3.00. The lowest BCUT2D eigenvalue weighted by Crippen LogP contribution is -2.01. The fourth-order valence-corrected chi connectivity index (χ4v) is 4.57. The fraction of sp³-hybridized carbons (Fsp3) is 0.400. The van der Waals surface area contributed by atoms with Gasteiger partial charge in [0.1, 0.15) is 11.5 Å². The van der Waals surface area contributed by atoms with Crippen molar-refractivity contribution in [2.75, 3.05) is 6.61 Å². The van der Waals surface area contributed by atoms with E-state index < -0.39 is 0 Å². The van der Waals surface area contributed by atoms with Gasteiger partial charge in [0.2, 0.25) is 0 Å². The zero-order valence-electron chi connectivity index (χ0n) is 25.1. The van der Waals surface area contributed by atoms with E-state index in [1.54, 1.807) is 36.4 Å². The van der Waals surface area contributed by atoms with E-state index in [4.69, 9.17) is 27.9 Å². The third-order valence-corrected chi connectivity index (χ3v) is 7.28. The summed E-state index contributed by atoms with van der Waals surface area (Å²) in [4.78, 5) is 13.9. The summed E-state index contributed by atoms with van der Waals surface area (Å²) in [5.74, 6) is 1.96. The molecule has 1 heterocycles. The Morgan fingerprint density at radius 3 is 1.48 bits per heavy atom. The monoisotopic (exact) mass is 607 g/mol. The van der Waals surface area contributed by atoms with Crippen molar-refractivity contribution in [1.29, 1.82) is 0 Å². The predicted molar refractivity (Wildman–Crippen MR) is 177 cm³/mol. The first kappa shape index (κ1) is 33.4. The Labute approximate surface area is 261 Å². The van der Waals surface area contributed by atoms with E-state index in [2.05, 4.69) is 35.7 Å². The van der Waals surface area contributed by atoms with Crippen LogP contribution >= 0.6 is 23.2 Å². The molecule has 0 bridgehead atoms. The van der Waals surface area contributed by atoms with Gasteiger partial charge in [0.25, 0.3) is 0 Å². The SMILES string of the molecule is CCCCCCCC.CCCCCCOc1ccc(-c2nc(-c3ccc(Cl)cc3)nc(-c3ccc(Cl)cc3)n2)c(O)c1. The van der Waals surface area contributed by atoms with Crippen LogP contribution in [0.2, 0.25) is 10.0 Å². The number of rotatable bonds is 14. The van der Waals surface area contributed by atoms with Crippen LogP contribution in [0.25, 0.3) is 34.2 Å². The molecule has 0 aliphatic rings. The molecule has 0 saturated carbocycles. The van der Waals surface area contributed by atoms with E-state index in [1.165, 1.54) is 51.4 Å². The second kappa shape index (κ2) is 18.4. The van der Waals surface area contributed by atoms with Crippen molar-refractivity contribution in [3.63, 3.8) is 0 Å². The van der Waals surface area contributed by atoms with Crippen LogP contribution in [0.3, 0.4) is 0 Å². The third kappa shape index (κ3) is 10.9. The summed E-state index contributed by atoms with van der Waals surface area (Å²) < 4.78 is 5.79. The van der Waals surface area contributed by atoms with E-state index in [0.29, 0.717) is 45.4 Å². The zero-order chi connectivity index (χ0) is 30.2. The molecule has 0 spiro atoms. The van der Waals surface area contributed by atoms with Crippen molar-refractivity contribution in [2.24, 2.45) is 0 Å². The lowest BCUT2D eigenvalue weighted by atomic mass is 10.1. The van der Waals surface area contributed by atoms with Gasteiger partial charge in [0.15, 0.2) is 17.5 Å². The van der Waals surface area contributed by atoms with Crippen LogP contribution in [0.5, 0.6) is 11.5 Å². The molecular weight excluding hydrogens is 565 g/mol. The number of unbranched alkanes of at least 4 members (excludes halogenated alkanes) is 8. The first-order valence-corrected chi connectivity index (χ1v) is 15.9. The summed E-state index contributed by atoms with van der Waals surface area (Å²) in [6.45, 7) is 7.30. The molecular formula is C35H43Cl2N3O2. The smallest absolute Gasteiger partial charge is 0.167 e. The van der Waals surface area contributed by atoms with Crippen LogP contribution in [0.4, 0.5) is 0 Å². The molecule has 1 N–H and O–H groups in total. The first-order chi connectivity index (χ1) is 20.4. The van der Waals surface area contributed by atoms with Gasteiger partial charge in [-0.05, 0) is 67.1 Å². The van der Waals surface area contributed by atoms with Gasteiger partial charge in [-0.3, -0.25) is 0 Å². The first-order valence-electron chi connectivity index (χ1n) is 15.2. The molecule has 0 amide bonds. The summed E-state index contributed by atoms with van der Waals surface area (Å²) in [5, 5.41) is 12.0. The Bertz CT molecular complexity index is 1280. The molecule has 0 aliphatic heterocycles. The number of ether oxygens (including phenoxy) is 1. The summed E-state index contributed by atoms with van der Waals surface area (Å²) in [7, 11) is 0. The Hall–Kier alpha value is -3.15. The van der Waals surface area contributed by atoms with Crippen LogP contribution in [-0.2, 0) is 0 Å². The van der Waals surface area contributed by atoms with Gasteiger partial charge < -0.3 is 9.84 Å². The van der Waals surface area contributed by atoms with Crippen LogP contribution in [0.15, 0.2) is 66.7 Å². The molecule has 5 nitrogen and oxygen atoms in total. The number of hydrogen-bond donors (Lipinski definition) is 1. The number of aromatic nitrogens is 3.